The third kappa shape index (κ3) is 3.36. The molecule has 1 aromatic heterocycles. The smallest absolute Gasteiger partial charge is 0.123 e. The van der Waals surface area contributed by atoms with Gasteiger partial charge >= 0.3 is 0 Å². The van der Waals surface area contributed by atoms with E-state index in [1.165, 1.54) is 12.1 Å². The molecule has 3 N–H and O–H groups in total. The number of aromatic nitrogens is 3. The number of hydrogen-bond donors (Lipinski definition) is 2. The maximum Gasteiger partial charge on any atom is 0.123 e. The molecular formula is C13H17FN4O. The number of nitrogens with zero attached hydrogens (tertiary/aromatic N) is 3. The Hall–Kier alpha value is -1.79. The van der Waals surface area contributed by atoms with Gasteiger partial charge in [-0.3, -0.25) is 0 Å². The third-order valence-electron chi connectivity index (χ3n) is 2.92. The molecule has 1 aromatic carbocycles. The minimum atomic E-state index is -0.255. The summed E-state index contributed by atoms with van der Waals surface area (Å²) in [5, 5.41) is 16.9. The fraction of sp³-hybridized carbons (Fsp3) is 0.385. The molecule has 2 rings (SSSR count). The summed E-state index contributed by atoms with van der Waals surface area (Å²) in [6, 6.07) is 6.33. The molecular weight excluding hydrogens is 247 g/mol. The van der Waals surface area contributed by atoms with Crippen molar-refractivity contribution >= 4 is 0 Å². The van der Waals surface area contributed by atoms with Crippen molar-refractivity contribution in [2.45, 2.75) is 25.9 Å². The Bertz CT molecular complexity index is 524. The summed E-state index contributed by atoms with van der Waals surface area (Å²) >= 11 is 0. The molecule has 0 fully saturated rings. The van der Waals surface area contributed by atoms with Gasteiger partial charge in [0.25, 0.3) is 0 Å². The van der Waals surface area contributed by atoms with Crippen molar-refractivity contribution in [2.75, 3.05) is 6.61 Å². The molecule has 0 aliphatic rings. The second-order valence-corrected chi connectivity index (χ2v) is 4.29. The summed E-state index contributed by atoms with van der Waals surface area (Å²) in [6.07, 6.45) is 1.22. The lowest BCUT2D eigenvalue weighted by Gasteiger charge is -2.07. The summed E-state index contributed by atoms with van der Waals surface area (Å²) in [4.78, 5) is 0. The molecule has 0 amide bonds. The zero-order valence-electron chi connectivity index (χ0n) is 10.6. The number of nitrogens with two attached hydrogens (primary N) is 1. The molecule has 0 aliphatic heterocycles. The van der Waals surface area contributed by atoms with Crippen LogP contribution >= 0.6 is 0 Å². The third-order valence-corrected chi connectivity index (χ3v) is 2.92. The van der Waals surface area contributed by atoms with Gasteiger partial charge in [0, 0.05) is 26.1 Å². The number of aliphatic hydroxyl groups is 1. The van der Waals surface area contributed by atoms with Crippen molar-refractivity contribution in [3.8, 4) is 0 Å². The Balaban J connectivity index is 2.21. The van der Waals surface area contributed by atoms with Crippen LogP contribution < -0.4 is 5.73 Å². The van der Waals surface area contributed by atoms with Crippen molar-refractivity contribution in [3.05, 3.63) is 47.0 Å². The SMILES string of the molecule is NCc1nnn(CCCO)c1Cc1ccc(F)cc1. The molecule has 102 valence electrons. The first kappa shape index (κ1) is 13.6. The summed E-state index contributed by atoms with van der Waals surface area (Å²) in [5.41, 5.74) is 8.28. The zero-order valence-corrected chi connectivity index (χ0v) is 10.6. The number of rotatable bonds is 6. The highest BCUT2D eigenvalue weighted by Crippen LogP contribution is 2.13. The lowest BCUT2D eigenvalue weighted by Crippen LogP contribution is -2.09. The van der Waals surface area contributed by atoms with Gasteiger partial charge < -0.3 is 10.8 Å². The number of hydrogen-bond acceptors (Lipinski definition) is 4. The summed E-state index contributed by atoms with van der Waals surface area (Å²) in [6.45, 7) is 1.02. The van der Waals surface area contributed by atoms with Crippen LogP contribution in [0, 0.1) is 5.82 Å². The number of aryl methyl sites for hydroxylation is 1. The van der Waals surface area contributed by atoms with Crippen LogP contribution in [0.3, 0.4) is 0 Å². The lowest BCUT2D eigenvalue weighted by molar-refractivity contribution is 0.275. The van der Waals surface area contributed by atoms with Crippen LogP contribution in [-0.4, -0.2) is 26.7 Å². The fourth-order valence-electron chi connectivity index (χ4n) is 1.92. The monoisotopic (exact) mass is 264 g/mol. The average Bonchev–Trinajstić information content (AvgIpc) is 2.81. The lowest BCUT2D eigenvalue weighted by atomic mass is 10.1. The van der Waals surface area contributed by atoms with E-state index in [1.54, 1.807) is 16.8 Å². The summed E-state index contributed by atoms with van der Waals surface area (Å²) in [5.74, 6) is -0.255. The molecule has 0 atom stereocenters. The van der Waals surface area contributed by atoms with Gasteiger partial charge in [0.05, 0.1) is 11.4 Å². The Morgan fingerprint density at radius 2 is 2.00 bits per heavy atom. The van der Waals surface area contributed by atoms with E-state index in [2.05, 4.69) is 10.3 Å². The molecule has 6 heteroatoms. The second kappa shape index (κ2) is 6.40. The molecule has 5 nitrogen and oxygen atoms in total. The fourth-order valence-corrected chi connectivity index (χ4v) is 1.92. The van der Waals surface area contributed by atoms with Gasteiger partial charge in [-0.1, -0.05) is 17.3 Å². The predicted molar refractivity (Wildman–Crippen MR) is 68.8 cm³/mol. The van der Waals surface area contributed by atoms with E-state index in [-0.39, 0.29) is 12.4 Å². The highest BCUT2D eigenvalue weighted by atomic mass is 19.1. The summed E-state index contributed by atoms with van der Waals surface area (Å²) < 4.78 is 14.6. The van der Waals surface area contributed by atoms with Crippen LogP contribution in [0.4, 0.5) is 4.39 Å². The molecule has 0 bridgehead atoms. The Kier molecular flexibility index (Phi) is 4.59. The van der Waals surface area contributed by atoms with Gasteiger partial charge in [-0.15, -0.1) is 5.10 Å². The van der Waals surface area contributed by atoms with Crippen molar-refractivity contribution < 1.29 is 9.50 Å². The second-order valence-electron chi connectivity index (χ2n) is 4.29. The highest BCUT2D eigenvalue weighted by molar-refractivity contribution is 5.24. The van der Waals surface area contributed by atoms with Gasteiger partial charge in [0.1, 0.15) is 5.82 Å². The van der Waals surface area contributed by atoms with Gasteiger partial charge in [-0.25, -0.2) is 9.07 Å². The maximum absolute atomic E-state index is 12.9. The van der Waals surface area contributed by atoms with E-state index < -0.39 is 0 Å². The molecule has 19 heavy (non-hydrogen) atoms. The zero-order chi connectivity index (χ0) is 13.7. The number of aliphatic hydroxyl groups excluding tert-OH is 1. The molecule has 1 heterocycles. The van der Waals surface area contributed by atoms with E-state index in [0.717, 1.165) is 17.0 Å². The first-order valence-corrected chi connectivity index (χ1v) is 6.21. The first-order chi connectivity index (χ1) is 9.24. The Morgan fingerprint density at radius 1 is 1.26 bits per heavy atom. The highest BCUT2D eigenvalue weighted by Gasteiger charge is 2.12. The van der Waals surface area contributed by atoms with Crippen molar-refractivity contribution in [2.24, 2.45) is 5.73 Å². The predicted octanol–water partition coefficient (Wildman–Crippen LogP) is 0.849. The van der Waals surface area contributed by atoms with Crippen LogP contribution in [0.15, 0.2) is 24.3 Å². The standard InChI is InChI=1S/C13H17FN4O/c14-11-4-2-10(3-5-11)8-13-12(9-15)16-17-18(13)6-1-7-19/h2-5,19H,1,6-9,15H2. The Labute approximate surface area is 110 Å². The minimum absolute atomic E-state index is 0.105. The molecule has 0 unspecified atom stereocenters. The van der Waals surface area contributed by atoms with Crippen molar-refractivity contribution in [1.29, 1.82) is 0 Å². The van der Waals surface area contributed by atoms with E-state index in [4.69, 9.17) is 10.8 Å². The largest absolute Gasteiger partial charge is 0.396 e. The van der Waals surface area contributed by atoms with Gasteiger partial charge in [0.2, 0.25) is 0 Å². The molecule has 0 saturated carbocycles. The quantitative estimate of drug-likeness (QED) is 0.811. The number of benzene rings is 1. The van der Waals surface area contributed by atoms with E-state index in [0.29, 0.717) is 25.9 Å². The van der Waals surface area contributed by atoms with Crippen molar-refractivity contribution in [3.63, 3.8) is 0 Å². The molecule has 0 aliphatic carbocycles. The molecule has 0 saturated heterocycles. The average molecular weight is 264 g/mol. The number of halogens is 1. The first-order valence-electron chi connectivity index (χ1n) is 6.21. The van der Waals surface area contributed by atoms with Gasteiger partial charge in [0.15, 0.2) is 0 Å². The Morgan fingerprint density at radius 3 is 2.63 bits per heavy atom. The normalized spacial score (nSPS) is 10.9. The molecule has 2 aromatic rings. The van der Waals surface area contributed by atoms with E-state index in [9.17, 15) is 4.39 Å². The van der Waals surface area contributed by atoms with E-state index >= 15 is 0 Å². The van der Waals surface area contributed by atoms with E-state index in [1.807, 2.05) is 0 Å². The minimum Gasteiger partial charge on any atom is -0.396 e. The van der Waals surface area contributed by atoms with Gasteiger partial charge in [-0.05, 0) is 24.1 Å². The molecule has 0 radical (unpaired) electrons. The van der Waals surface area contributed by atoms with Gasteiger partial charge in [-0.2, -0.15) is 0 Å². The maximum atomic E-state index is 12.9. The van der Waals surface area contributed by atoms with Crippen LogP contribution in [0.2, 0.25) is 0 Å². The van der Waals surface area contributed by atoms with Crippen LogP contribution in [0.5, 0.6) is 0 Å². The van der Waals surface area contributed by atoms with Crippen molar-refractivity contribution in [1.82, 2.24) is 15.0 Å². The van der Waals surface area contributed by atoms with Crippen LogP contribution in [0.25, 0.3) is 0 Å². The summed E-state index contributed by atoms with van der Waals surface area (Å²) in [7, 11) is 0. The molecule has 0 spiro atoms. The van der Waals surface area contributed by atoms with Crippen LogP contribution in [-0.2, 0) is 19.5 Å². The van der Waals surface area contributed by atoms with Crippen LogP contribution in [0.1, 0.15) is 23.4 Å². The topological polar surface area (TPSA) is 77.0 Å².